The van der Waals surface area contributed by atoms with Gasteiger partial charge in [-0.1, -0.05) is 54.1 Å². The van der Waals surface area contributed by atoms with Crippen molar-refractivity contribution in [3.63, 3.8) is 0 Å². The number of pyridine rings is 1. The number of hydrogen-bond donors (Lipinski definition) is 0. The largest absolute Gasteiger partial charge is 0.417 e. The zero-order valence-electron chi connectivity index (χ0n) is 15.5. The lowest BCUT2D eigenvalue weighted by Gasteiger charge is -2.18. The van der Waals surface area contributed by atoms with Gasteiger partial charge in [0.05, 0.1) is 16.3 Å². The van der Waals surface area contributed by atoms with Gasteiger partial charge in [0.1, 0.15) is 0 Å². The molecule has 0 aliphatic heterocycles. The monoisotopic (exact) mass is 445 g/mol. The molecule has 0 saturated carbocycles. The van der Waals surface area contributed by atoms with Crippen molar-refractivity contribution in [1.82, 2.24) is 4.57 Å². The quantitative estimate of drug-likeness (QED) is 0.332. The average molecular weight is 446 g/mol. The summed E-state index contributed by atoms with van der Waals surface area (Å²) < 4.78 is 41.7. The van der Waals surface area contributed by atoms with Crippen molar-refractivity contribution >= 4 is 22.9 Å². The van der Waals surface area contributed by atoms with E-state index in [1.54, 1.807) is 22.1 Å². The summed E-state index contributed by atoms with van der Waals surface area (Å²) >= 11 is 7.74. The fourth-order valence-corrected chi connectivity index (χ4v) is 4.46. The SMILES string of the molecule is O=c1ccn(Cc2ccccc2-c2cccs2)c(-c2cccc(C(F)(F)F)c2Cl)c1. The van der Waals surface area contributed by atoms with E-state index in [-0.39, 0.29) is 11.0 Å². The zero-order valence-corrected chi connectivity index (χ0v) is 17.1. The van der Waals surface area contributed by atoms with Crippen LogP contribution in [0.15, 0.2) is 83.1 Å². The molecule has 0 amide bonds. The van der Waals surface area contributed by atoms with Crippen molar-refractivity contribution in [3.05, 3.63) is 105 Å². The Morgan fingerprint density at radius 1 is 0.933 bits per heavy atom. The first kappa shape index (κ1) is 20.4. The molecule has 2 aromatic carbocycles. The van der Waals surface area contributed by atoms with Gasteiger partial charge in [-0.05, 0) is 28.6 Å². The summed E-state index contributed by atoms with van der Waals surface area (Å²) in [6.45, 7) is 0.371. The molecule has 2 heterocycles. The molecule has 0 aliphatic rings. The Morgan fingerprint density at radius 3 is 2.43 bits per heavy atom. The van der Waals surface area contributed by atoms with Gasteiger partial charge in [0.25, 0.3) is 0 Å². The van der Waals surface area contributed by atoms with E-state index in [4.69, 9.17) is 11.6 Å². The number of aromatic nitrogens is 1. The summed E-state index contributed by atoms with van der Waals surface area (Å²) in [5.41, 5.74) is 1.28. The Morgan fingerprint density at radius 2 is 1.70 bits per heavy atom. The van der Waals surface area contributed by atoms with Crippen LogP contribution in [-0.2, 0) is 12.7 Å². The third-order valence-electron chi connectivity index (χ3n) is 4.73. The minimum absolute atomic E-state index is 0.165. The second-order valence-corrected chi connectivity index (χ2v) is 8.00. The van der Waals surface area contributed by atoms with Gasteiger partial charge in [-0.3, -0.25) is 4.79 Å². The summed E-state index contributed by atoms with van der Waals surface area (Å²) in [6, 6.07) is 18.2. The summed E-state index contributed by atoms with van der Waals surface area (Å²) in [5, 5.41) is 1.56. The lowest BCUT2D eigenvalue weighted by atomic mass is 10.0. The van der Waals surface area contributed by atoms with Crippen molar-refractivity contribution in [2.75, 3.05) is 0 Å². The Labute approximate surface area is 179 Å². The van der Waals surface area contributed by atoms with Crippen LogP contribution in [0.25, 0.3) is 21.7 Å². The van der Waals surface area contributed by atoms with Crippen molar-refractivity contribution in [2.24, 2.45) is 0 Å². The van der Waals surface area contributed by atoms with Crippen molar-refractivity contribution in [2.45, 2.75) is 12.7 Å². The molecule has 4 rings (SSSR count). The molecule has 7 heteroatoms. The van der Waals surface area contributed by atoms with E-state index in [9.17, 15) is 18.0 Å². The Bertz CT molecular complexity index is 1250. The number of thiophene rings is 1. The molecule has 4 aromatic rings. The third-order valence-corrected chi connectivity index (χ3v) is 6.04. The van der Waals surface area contributed by atoms with Gasteiger partial charge in [0.15, 0.2) is 5.43 Å². The van der Waals surface area contributed by atoms with E-state index in [1.165, 1.54) is 24.3 Å². The van der Waals surface area contributed by atoms with E-state index < -0.39 is 16.8 Å². The van der Waals surface area contributed by atoms with Gasteiger partial charge in [-0.2, -0.15) is 13.2 Å². The molecule has 0 saturated heterocycles. The Balaban J connectivity index is 1.84. The highest BCUT2D eigenvalue weighted by atomic mass is 35.5. The van der Waals surface area contributed by atoms with E-state index in [2.05, 4.69) is 0 Å². The summed E-state index contributed by atoms with van der Waals surface area (Å²) in [7, 11) is 0. The molecule has 0 radical (unpaired) electrons. The van der Waals surface area contributed by atoms with Crippen LogP contribution in [0.1, 0.15) is 11.1 Å². The highest BCUT2D eigenvalue weighted by Gasteiger charge is 2.34. The standard InChI is InChI=1S/C23H15ClF3NOS/c24-22-18(7-3-8-19(22)23(25,26)27)20-13-16(29)10-11-28(20)14-15-5-1-2-6-17(15)21-9-4-12-30-21/h1-13H,14H2. The molecule has 0 unspecified atom stereocenters. The normalized spacial score (nSPS) is 11.6. The van der Waals surface area contributed by atoms with Crippen molar-refractivity contribution in [1.29, 1.82) is 0 Å². The molecule has 152 valence electrons. The first-order chi connectivity index (χ1) is 14.3. The van der Waals surface area contributed by atoms with Gasteiger partial charge in [-0.15, -0.1) is 11.3 Å². The third kappa shape index (κ3) is 4.06. The molecule has 2 aromatic heterocycles. The maximum atomic E-state index is 13.3. The fourth-order valence-electron chi connectivity index (χ4n) is 3.34. The lowest BCUT2D eigenvalue weighted by molar-refractivity contribution is -0.137. The minimum atomic E-state index is -4.58. The van der Waals surface area contributed by atoms with Crippen molar-refractivity contribution in [3.8, 4) is 21.7 Å². The van der Waals surface area contributed by atoms with Gasteiger partial charge in [0.2, 0.25) is 0 Å². The topological polar surface area (TPSA) is 22.0 Å². The smallest absolute Gasteiger partial charge is 0.343 e. The molecule has 0 bridgehead atoms. The molecule has 0 atom stereocenters. The highest BCUT2D eigenvalue weighted by Crippen LogP contribution is 2.39. The summed E-state index contributed by atoms with van der Waals surface area (Å²) in [4.78, 5) is 13.1. The van der Waals surface area contributed by atoms with E-state index in [1.807, 2.05) is 41.8 Å². The molecule has 2 nitrogen and oxygen atoms in total. The molecular formula is C23H15ClF3NOS. The molecule has 0 spiro atoms. The Kier molecular flexibility index (Phi) is 5.54. The Hall–Kier alpha value is -2.83. The van der Waals surface area contributed by atoms with Crippen molar-refractivity contribution < 1.29 is 13.2 Å². The van der Waals surface area contributed by atoms with Gasteiger partial charge >= 0.3 is 6.18 Å². The second kappa shape index (κ2) is 8.13. The van der Waals surface area contributed by atoms with Crippen LogP contribution in [-0.4, -0.2) is 4.57 Å². The van der Waals surface area contributed by atoms with Crippen LogP contribution in [0.2, 0.25) is 5.02 Å². The van der Waals surface area contributed by atoms with E-state index >= 15 is 0 Å². The van der Waals surface area contributed by atoms with Crippen LogP contribution >= 0.6 is 22.9 Å². The van der Waals surface area contributed by atoms with E-state index in [0.29, 0.717) is 12.2 Å². The number of rotatable bonds is 4. The average Bonchev–Trinajstić information content (AvgIpc) is 3.24. The maximum absolute atomic E-state index is 13.3. The number of benzene rings is 2. The summed E-state index contributed by atoms with van der Waals surface area (Å²) in [5.74, 6) is 0. The number of nitrogens with zero attached hydrogens (tertiary/aromatic N) is 1. The first-order valence-corrected chi connectivity index (χ1v) is 10.3. The van der Waals surface area contributed by atoms with Crippen LogP contribution in [0, 0.1) is 0 Å². The predicted octanol–water partition coefficient (Wildman–Crippen LogP) is 6.96. The maximum Gasteiger partial charge on any atom is 0.417 e. The van der Waals surface area contributed by atoms with Crippen LogP contribution < -0.4 is 5.43 Å². The van der Waals surface area contributed by atoms with Crippen LogP contribution in [0.3, 0.4) is 0 Å². The molecule has 0 fully saturated rings. The molecule has 0 aliphatic carbocycles. The molecular weight excluding hydrogens is 431 g/mol. The highest BCUT2D eigenvalue weighted by molar-refractivity contribution is 7.13. The van der Waals surface area contributed by atoms with Crippen LogP contribution in [0.5, 0.6) is 0 Å². The second-order valence-electron chi connectivity index (χ2n) is 6.67. The predicted molar refractivity (Wildman–Crippen MR) is 115 cm³/mol. The van der Waals surface area contributed by atoms with Crippen LogP contribution in [0.4, 0.5) is 13.2 Å². The molecule has 30 heavy (non-hydrogen) atoms. The summed E-state index contributed by atoms with van der Waals surface area (Å²) in [6.07, 6.45) is -3.00. The number of hydrogen-bond acceptors (Lipinski definition) is 2. The zero-order chi connectivity index (χ0) is 21.3. The number of alkyl halides is 3. The molecule has 0 N–H and O–H groups in total. The van der Waals surface area contributed by atoms with E-state index in [0.717, 1.165) is 22.1 Å². The van der Waals surface area contributed by atoms with Gasteiger partial charge < -0.3 is 4.57 Å². The first-order valence-electron chi connectivity index (χ1n) is 9.03. The lowest BCUT2D eigenvalue weighted by Crippen LogP contribution is -2.12. The minimum Gasteiger partial charge on any atom is -0.343 e. The van der Waals surface area contributed by atoms with Gasteiger partial charge in [-0.25, -0.2) is 0 Å². The number of halogens is 4. The fraction of sp³-hybridized carbons (Fsp3) is 0.0870. The van der Waals surface area contributed by atoms with Gasteiger partial charge in [0, 0.05) is 35.3 Å².